The summed E-state index contributed by atoms with van der Waals surface area (Å²) in [5.41, 5.74) is 2.45. The van der Waals surface area contributed by atoms with Crippen molar-refractivity contribution < 1.29 is 0 Å². The normalized spacial score (nSPS) is 25.0. The van der Waals surface area contributed by atoms with Crippen LogP contribution in [0.5, 0.6) is 0 Å². The summed E-state index contributed by atoms with van der Waals surface area (Å²) in [5, 5.41) is 5.26. The zero-order chi connectivity index (χ0) is 11.7. The molecule has 0 aliphatic carbocycles. The fourth-order valence-electron chi connectivity index (χ4n) is 2.27. The van der Waals surface area contributed by atoms with E-state index in [-0.39, 0.29) is 0 Å². The van der Waals surface area contributed by atoms with E-state index in [0.29, 0.717) is 11.4 Å². The number of para-hydroxylation sites is 1. The monoisotopic (exact) mass is 244 g/mol. The number of pyridine rings is 1. The molecule has 0 saturated carbocycles. The molecule has 1 fully saturated rings. The molecule has 2 atom stereocenters. The Morgan fingerprint density at radius 2 is 2.18 bits per heavy atom. The third kappa shape index (κ3) is 2.17. The predicted octanol–water partition coefficient (Wildman–Crippen LogP) is 3.35. The quantitative estimate of drug-likeness (QED) is 0.832. The van der Waals surface area contributed by atoms with Crippen LogP contribution in [0.25, 0.3) is 10.9 Å². The first-order valence-electron chi connectivity index (χ1n) is 6.06. The average molecular weight is 244 g/mol. The second-order valence-corrected chi connectivity index (χ2v) is 5.74. The van der Waals surface area contributed by atoms with Gasteiger partial charge >= 0.3 is 0 Å². The van der Waals surface area contributed by atoms with E-state index in [2.05, 4.69) is 41.5 Å². The first-order valence-corrected chi connectivity index (χ1v) is 7.11. The van der Waals surface area contributed by atoms with Gasteiger partial charge in [-0.1, -0.05) is 24.3 Å². The molecule has 0 radical (unpaired) electrons. The predicted molar refractivity (Wildman–Crippen MR) is 74.2 cm³/mol. The molecule has 88 valence electrons. The highest BCUT2D eigenvalue weighted by Gasteiger charge is 2.21. The van der Waals surface area contributed by atoms with E-state index >= 15 is 0 Å². The Morgan fingerprint density at radius 1 is 1.29 bits per heavy atom. The van der Waals surface area contributed by atoms with Gasteiger partial charge in [0.05, 0.1) is 10.9 Å². The lowest BCUT2D eigenvalue weighted by molar-refractivity contribution is 0.513. The minimum atomic E-state index is 0.386. The summed E-state index contributed by atoms with van der Waals surface area (Å²) in [4.78, 5) is 4.53. The number of aromatic nitrogens is 1. The van der Waals surface area contributed by atoms with Crippen LogP contribution in [0.15, 0.2) is 36.5 Å². The van der Waals surface area contributed by atoms with E-state index < -0.39 is 0 Å². The molecule has 2 unspecified atom stereocenters. The first-order chi connectivity index (χ1) is 8.34. The van der Waals surface area contributed by atoms with E-state index in [1.165, 1.54) is 23.1 Å². The molecule has 1 aromatic carbocycles. The number of thioether (sulfide) groups is 1. The number of hydrogen-bond donors (Lipinski definition) is 1. The molecule has 1 aliphatic heterocycles. The van der Waals surface area contributed by atoms with Crippen molar-refractivity contribution >= 4 is 22.7 Å². The molecule has 1 aliphatic rings. The molecular formula is C14H16N2S. The molecule has 3 heteroatoms. The summed E-state index contributed by atoms with van der Waals surface area (Å²) in [6.07, 6.45) is 3.13. The largest absolute Gasteiger partial charge is 0.299 e. The highest BCUT2D eigenvalue weighted by molar-refractivity contribution is 7.99. The molecule has 2 heterocycles. The van der Waals surface area contributed by atoms with Gasteiger partial charge in [0, 0.05) is 23.2 Å². The molecule has 1 N–H and O–H groups in total. The van der Waals surface area contributed by atoms with Crippen LogP contribution >= 0.6 is 11.8 Å². The minimum absolute atomic E-state index is 0.386. The number of fused-ring (bicyclic) bond motifs is 1. The van der Waals surface area contributed by atoms with Crippen molar-refractivity contribution in [3.8, 4) is 0 Å². The topological polar surface area (TPSA) is 24.9 Å². The van der Waals surface area contributed by atoms with Gasteiger partial charge in [-0.05, 0) is 25.2 Å². The molecule has 1 saturated heterocycles. The molecule has 0 amide bonds. The average Bonchev–Trinajstić information content (AvgIpc) is 2.38. The second-order valence-electron chi connectivity index (χ2n) is 4.53. The minimum Gasteiger partial charge on any atom is -0.299 e. The van der Waals surface area contributed by atoms with Crippen molar-refractivity contribution in [3.05, 3.63) is 42.1 Å². The number of nitrogens with zero attached hydrogens (tertiary/aromatic N) is 1. The summed E-state index contributed by atoms with van der Waals surface area (Å²) in [6.45, 7) is 2.26. The molecule has 2 aromatic rings. The van der Waals surface area contributed by atoms with Gasteiger partial charge < -0.3 is 0 Å². The van der Waals surface area contributed by atoms with Gasteiger partial charge in [-0.3, -0.25) is 10.3 Å². The summed E-state index contributed by atoms with van der Waals surface area (Å²) in [5.74, 6) is 1.22. The van der Waals surface area contributed by atoms with Gasteiger partial charge in [0.1, 0.15) is 0 Å². The van der Waals surface area contributed by atoms with Gasteiger partial charge in [-0.2, -0.15) is 0 Å². The lowest BCUT2D eigenvalue weighted by Crippen LogP contribution is -2.33. The van der Waals surface area contributed by atoms with Crippen LogP contribution < -0.4 is 5.32 Å². The fourth-order valence-corrected chi connectivity index (χ4v) is 3.70. The number of rotatable bonds is 1. The summed E-state index contributed by atoms with van der Waals surface area (Å²) in [6, 6.07) is 11.2. The molecule has 2 nitrogen and oxygen atoms in total. The van der Waals surface area contributed by atoms with Crippen LogP contribution in [0.3, 0.4) is 0 Å². The summed E-state index contributed by atoms with van der Waals surface area (Å²) < 4.78 is 0. The van der Waals surface area contributed by atoms with Crippen molar-refractivity contribution in [1.29, 1.82) is 0 Å². The Hall–Kier alpha value is -1.06. The van der Waals surface area contributed by atoms with Crippen molar-refractivity contribution in [2.24, 2.45) is 0 Å². The molecular weight excluding hydrogens is 228 g/mol. The van der Waals surface area contributed by atoms with Gasteiger partial charge in [-0.25, -0.2) is 0 Å². The van der Waals surface area contributed by atoms with Gasteiger partial charge in [0.15, 0.2) is 0 Å². The first kappa shape index (κ1) is 11.1. The van der Waals surface area contributed by atoms with E-state index in [1.54, 1.807) is 0 Å². The van der Waals surface area contributed by atoms with Crippen LogP contribution in [0.1, 0.15) is 24.3 Å². The van der Waals surface area contributed by atoms with Crippen LogP contribution in [0, 0.1) is 0 Å². The Morgan fingerprint density at radius 3 is 3.06 bits per heavy atom. The number of benzene rings is 1. The van der Waals surface area contributed by atoms with Crippen LogP contribution in [0.2, 0.25) is 0 Å². The maximum atomic E-state index is 4.53. The Balaban J connectivity index is 2.04. The zero-order valence-corrected chi connectivity index (χ0v) is 10.7. The molecule has 17 heavy (non-hydrogen) atoms. The van der Waals surface area contributed by atoms with Gasteiger partial charge in [0.25, 0.3) is 0 Å². The summed E-state index contributed by atoms with van der Waals surface area (Å²) >= 11 is 1.98. The smallest absolute Gasteiger partial charge is 0.0812 e. The van der Waals surface area contributed by atoms with Crippen LogP contribution in [-0.4, -0.2) is 16.8 Å². The third-order valence-electron chi connectivity index (χ3n) is 3.22. The Bertz CT molecular complexity index is 521. The standard InChI is InChI=1S/C14H16N2S/c1-10-7-9-17-14(16-10)12-6-2-4-11-5-3-8-15-13(11)12/h2-6,8,10,14,16H,7,9H2,1H3. The second kappa shape index (κ2) is 4.67. The highest BCUT2D eigenvalue weighted by atomic mass is 32.2. The van der Waals surface area contributed by atoms with Gasteiger partial charge in [-0.15, -0.1) is 11.8 Å². The van der Waals surface area contributed by atoms with Gasteiger partial charge in [0.2, 0.25) is 0 Å². The van der Waals surface area contributed by atoms with E-state index in [4.69, 9.17) is 0 Å². The maximum absolute atomic E-state index is 4.53. The Kier molecular flexibility index (Phi) is 3.04. The van der Waals surface area contributed by atoms with Crippen molar-refractivity contribution in [2.45, 2.75) is 24.8 Å². The molecule has 0 spiro atoms. The Labute approximate surface area is 106 Å². The van der Waals surface area contributed by atoms with E-state index in [1.807, 2.05) is 24.0 Å². The summed E-state index contributed by atoms with van der Waals surface area (Å²) in [7, 11) is 0. The van der Waals surface area contributed by atoms with Crippen molar-refractivity contribution in [2.75, 3.05) is 5.75 Å². The number of nitrogens with one attached hydrogen (secondary N) is 1. The third-order valence-corrected chi connectivity index (χ3v) is 4.41. The zero-order valence-electron chi connectivity index (χ0n) is 9.89. The van der Waals surface area contributed by atoms with Crippen LogP contribution in [-0.2, 0) is 0 Å². The lowest BCUT2D eigenvalue weighted by atomic mass is 10.1. The molecule has 0 bridgehead atoms. The van der Waals surface area contributed by atoms with E-state index in [9.17, 15) is 0 Å². The van der Waals surface area contributed by atoms with Crippen molar-refractivity contribution in [1.82, 2.24) is 10.3 Å². The van der Waals surface area contributed by atoms with Crippen molar-refractivity contribution in [3.63, 3.8) is 0 Å². The molecule has 1 aromatic heterocycles. The fraction of sp³-hybridized carbons (Fsp3) is 0.357. The maximum Gasteiger partial charge on any atom is 0.0812 e. The van der Waals surface area contributed by atoms with E-state index in [0.717, 1.165) is 5.52 Å². The number of hydrogen-bond acceptors (Lipinski definition) is 3. The van der Waals surface area contributed by atoms with Crippen LogP contribution in [0.4, 0.5) is 0 Å². The highest BCUT2D eigenvalue weighted by Crippen LogP contribution is 2.34. The SMILES string of the molecule is CC1CCSC(c2cccc3cccnc23)N1. The molecule has 3 rings (SSSR count). The lowest BCUT2D eigenvalue weighted by Gasteiger charge is -2.29.